The van der Waals surface area contributed by atoms with Gasteiger partial charge in [0.2, 0.25) is 5.91 Å². The van der Waals surface area contributed by atoms with Gasteiger partial charge in [-0.25, -0.2) is 13.4 Å². The van der Waals surface area contributed by atoms with Crippen LogP contribution in [0.25, 0.3) is 11.1 Å². The maximum atomic E-state index is 12.1. The monoisotopic (exact) mass is 468 g/mol. The van der Waals surface area contributed by atoms with E-state index >= 15 is 0 Å². The van der Waals surface area contributed by atoms with E-state index in [2.05, 4.69) is 26.2 Å². The van der Waals surface area contributed by atoms with E-state index in [1.165, 1.54) is 12.1 Å². The number of sulfone groups is 1. The second-order valence-corrected chi connectivity index (χ2v) is 9.87. The molecule has 2 aromatic carbocycles. The highest BCUT2D eigenvalue weighted by molar-refractivity contribution is 9.10. The molecule has 0 fully saturated rings. The highest BCUT2D eigenvalue weighted by atomic mass is 79.9. The van der Waals surface area contributed by atoms with Crippen LogP contribution >= 0.6 is 27.7 Å². The molecule has 0 bridgehead atoms. The molecular formula is C18H17BrN2O4S2. The molecular weight excluding hydrogens is 452 g/mol. The van der Waals surface area contributed by atoms with E-state index in [1.54, 1.807) is 13.0 Å². The lowest BCUT2D eigenvalue weighted by molar-refractivity contribution is -0.113. The van der Waals surface area contributed by atoms with Gasteiger partial charge in [0.05, 0.1) is 16.4 Å². The van der Waals surface area contributed by atoms with E-state index in [4.69, 9.17) is 4.42 Å². The van der Waals surface area contributed by atoms with Crippen LogP contribution in [0.1, 0.15) is 12.5 Å². The fourth-order valence-corrected chi connectivity index (χ4v) is 4.14. The highest BCUT2D eigenvalue weighted by Crippen LogP contribution is 2.26. The first kappa shape index (κ1) is 19.9. The molecule has 27 heavy (non-hydrogen) atoms. The van der Waals surface area contributed by atoms with Crippen molar-refractivity contribution in [2.24, 2.45) is 0 Å². The Balaban J connectivity index is 1.67. The zero-order chi connectivity index (χ0) is 19.6. The lowest BCUT2D eigenvalue weighted by atomic mass is 10.2. The van der Waals surface area contributed by atoms with Crippen molar-refractivity contribution in [2.75, 3.05) is 16.8 Å². The van der Waals surface area contributed by atoms with Gasteiger partial charge in [0, 0.05) is 10.2 Å². The van der Waals surface area contributed by atoms with Crippen molar-refractivity contribution in [3.8, 4) is 0 Å². The van der Waals surface area contributed by atoms with Crippen LogP contribution in [0.4, 0.5) is 5.69 Å². The maximum Gasteiger partial charge on any atom is 0.257 e. The number of benzene rings is 2. The quantitative estimate of drug-likeness (QED) is 0.538. The molecule has 0 spiro atoms. The van der Waals surface area contributed by atoms with Crippen LogP contribution in [0.5, 0.6) is 0 Å². The molecule has 0 aliphatic carbocycles. The fourth-order valence-electron chi connectivity index (χ4n) is 2.35. The topological polar surface area (TPSA) is 89.3 Å². The molecule has 142 valence electrons. The molecule has 0 saturated heterocycles. The number of hydrogen-bond donors (Lipinski definition) is 1. The zero-order valence-electron chi connectivity index (χ0n) is 14.7. The summed E-state index contributed by atoms with van der Waals surface area (Å²) in [4.78, 5) is 16.6. The van der Waals surface area contributed by atoms with Crippen LogP contribution in [-0.4, -0.2) is 30.8 Å². The number of nitrogens with one attached hydrogen (secondary N) is 1. The first-order valence-electron chi connectivity index (χ1n) is 8.10. The molecule has 0 aliphatic rings. The Morgan fingerprint density at radius 2 is 2.04 bits per heavy atom. The number of nitrogens with zero attached hydrogens (tertiary/aromatic N) is 1. The minimum Gasteiger partial charge on any atom is -0.431 e. The van der Waals surface area contributed by atoms with Crippen LogP contribution in [0.2, 0.25) is 0 Å². The smallest absolute Gasteiger partial charge is 0.257 e. The number of halogens is 1. The summed E-state index contributed by atoms with van der Waals surface area (Å²) in [6, 6.07) is 10.1. The number of thioether (sulfide) groups is 1. The van der Waals surface area contributed by atoms with E-state index < -0.39 is 9.84 Å². The van der Waals surface area contributed by atoms with Gasteiger partial charge < -0.3 is 9.73 Å². The molecule has 1 aromatic heterocycles. The average Bonchev–Trinajstić information content (AvgIpc) is 3.05. The van der Waals surface area contributed by atoms with Gasteiger partial charge >= 0.3 is 0 Å². The summed E-state index contributed by atoms with van der Waals surface area (Å²) < 4.78 is 30.5. The van der Waals surface area contributed by atoms with Crippen LogP contribution in [0.15, 0.2) is 55.4 Å². The number of aromatic nitrogens is 1. The summed E-state index contributed by atoms with van der Waals surface area (Å²) in [5, 5.41) is 3.14. The van der Waals surface area contributed by atoms with E-state index in [0.29, 0.717) is 22.0 Å². The van der Waals surface area contributed by atoms with Gasteiger partial charge in [-0.15, -0.1) is 0 Å². The van der Waals surface area contributed by atoms with E-state index in [1.807, 2.05) is 25.1 Å². The molecule has 0 atom stereocenters. The predicted octanol–water partition coefficient (Wildman–Crippen LogP) is 4.42. The number of fused-ring (bicyclic) bond motifs is 1. The lowest BCUT2D eigenvalue weighted by Crippen LogP contribution is -2.14. The van der Waals surface area contributed by atoms with E-state index in [0.717, 1.165) is 21.8 Å². The Labute approximate surface area is 169 Å². The summed E-state index contributed by atoms with van der Waals surface area (Å²) in [7, 11) is -3.30. The van der Waals surface area contributed by atoms with Crippen molar-refractivity contribution in [3.63, 3.8) is 0 Å². The summed E-state index contributed by atoms with van der Waals surface area (Å²) in [5.74, 6) is -0.0337. The number of amides is 1. The number of rotatable bonds is 6. The molecule has 1 heterocycles. The fraction of sp³-hybridized carbons (Fsp3) is 0.222. The SMILES string of the molecule is CCS(=O)(=O)c1ccc2oc(SCC(=O)Nc3ccc(Br)c(C)c3)nc2c1. The number of anilines is 1. The van der Waals surface area contributed by atoms with Gasteiger partial charge in [0.15, 0.2) is 15.4 Å². The lowest BCUT2D eigenvalue weighted by Gasteiger charge is -2.06. The van der Waals surface area contributed by atoms with Gasteiger partial charge in [-0.05, 0) is 48.9 Å². The normalized spacial score (nSPS) is 11.7. The van der Waals surface area contributed by atoms with Gasteiger partial charge in [0.1, 0.15) is 5.52 Å². The molecule has 0 aliphatic heterocycles. The Hall–Kier alpha value is -1.84. The van der Waals surface area contributed by atoms with Crippen molar-refractivity contribution >= 4 is 60.2 Å². The maximum absolute atomic E-state index is 12.1. The molecule has 6 nitrogen and oxygen atoms in total. The molecule has 0 radical (unpaired) electrons. The zero-order valence-corrected chi connectivity index (χ0v) is 17.9. The third-order valence-corrected chi connectivity index (χ3v) is 7.30. The van der Waals surface area contributed by atoms with Gasteiger partial charge in [-0.3, -0.25) is 4.79 Å². The molecule has 3 aromatic rings. The molecule has 1 N–H and O–H groups in total. The number of carbonyl (C=O) groups excluding carboxylic acids is 1. The van der Waals surface area contributed by atoms with Crippen LogP contribution in [0, 0.1) is 6.92 Å². The Morgan fingerprint density at radius 1 is 1.26 bits per heavy atom. The van der Waals surface area contributed by atoms with Crippen LogP contribution < -0.4 is 5.32 Å². The second kappa shape index (κ2) is 8.04. The Kier molecular flexibility index (Phi) is 5.92. The van der Waals surface area contributed by atoms with Crippen LogP contribution in [-0.2, 0) is 14.6 Å². The van der Waals surface area contributed by atoms with E-state index in [9.17, 15) is 13.2 Å². The minimum absolute atomic E-state index is 0.0215. The van der Waals surface area contributed by atoms with Gasteiger partial charge in [0.25, 0.3) is 5.22 Å². The van der Waals surface area contributed by atoms with E-state index in [-0.39, 0.29) is 22.3 Å². The van der Waals surface area contributed by atoms with Crippen LogP contribution in [0.3, 0.4) is 0 Å². The third-order valence-electron chi connectivity index (χ3n) is 3.85. The Morgan fingerprint density at radius 3 is 2.74 bits per heavy atom. The first-order valence-corrected chi connectivity index (χ1v) is 11.5. The summed E-state index contributed by atoms with van der Waals surface area (Å²) in [6.45, 7) is 3.54. The summed E-state index contributed by atoms with van der Waals surface area (Å²) in [6.07, 6.45) is 0. The Bertz CT molecular complexity index is 1110. The van der Waals surface area contributed by atoms with Crippen molar-refractivity contribution in [1.29, 1.82) is 0 Å². The average molecular weight is 469 g/mol. The first-order chi connectivity index (χ1) is 12.8. The number of oxazole rings is 1. The van der Waals surface area contributed by atoms with Crippen molar-refractivity contribution in [1.82, 2.24) is 4.98 Å². The van der Waals surface area contributed by atoms with Crippen molar-refractivity contribution in [3.05, 3.63) is 46.4 Å². The predicted molar refractivity (Wildman–Crippen MR) is 110 cm³/mol. The standard InChI is InChI=1S/C18H17BrN2O4S2/c1-3-27(23,24)13-5-7-16-15(9-13)21-18(25-16)26-10-17(22)20-12-4-6-14(19)11(2)8-12/h4-9H,3,10H2,1-2H3,(H,20,22). The summed E-state index contributed by atoms with van der Waals surface area (Å²) >= 11 is 4.57. The molecule has 0 saturated carbocycles. The number of carbonyl (C=O) groups is 1. The number of hydrogen-bond acceptors (Lipinski definition) is 6. The second-order valence-electron chi connectivity index (χ2n) is 5.81. The highest BCUT2D eigenvalue weighted by Gasteiger charge is 2.15. The van der Waals surface area contributed by atoms with Gasteiger partial charge in [-0.2, -0.15) is 0 Å². The van der Waals surface area contributed by atoms with Crippen molar-refractivity contribution in [2.45, 2.75) is 24.0 Å². The third kappa shape index (κ3) is 4.72. The number of aryl methyl sites for hydroxylation is 1. The van der Waals surface area contributed by atoms with Crippen molar-refractivity contribution < 1.29 is 17.6 Å². The molecule has 3 rings (SSSR count). The molecule has 1 amide bonds. The molecule has 9 heteroatoms. The molecule has 0 unspecified atom stereocenters. The van der Waals surface area contributed by atoms with Gasteiger partial charge in [-0.1, -0.05) is 34.6 Å². The largest absolute Gasteiger partial charge is 0.431 e. The minimum atomic E-state index is -3.30. The summed E-state index contributed by atoms with van der Waals surface area (Å²) in [5.41, 5.74) is 2.68.